The fourth-order valence-corrected chi connectivity index (χ4v) is 6.05. The van der Waals surface area contributed by atoms with Gasteiger partial charge in [-0.3, -0.25) is 4.84 Å². The van der Waals surface area contributed by atoms with Gasteiger partial charge >= 0.3 is 0 Å². The van der Waals surface area contributed by atoms with E-state index < -0.39 is 30.0 Å². The summed E-state index contributed by atoms with van der Waals surface area (Å²) < 4.78 is 26.3. The molecule has 1 saturated carbocycles. The molecule has 0 aliphatic heterocycles. The molecule has 5 atom stereocenters. The molecule has 48 heavy (non-hydrogen) atoms. The molecule has 0 amide bonds. The standard InChI is InChI=1S/C41H43NO6/c43-41(31-44-26-32-16-6-1-7-17-32)39(42-48-30-36-24-14-5-15-25-36)37(45-27-33-18-8-2-9-19-33)38(46-28-34-20-10-3-11-21-34)40(41)47-29-35-22-12-4-13-23-35/h1-25,37-40,42-43H,26-31H2/t37-,38+,39-,40-,41-/m0/s1. The Kier molecular flexibility index (Phi) is 12.1. The lowest BCUT2D eigenvalue weighted by Gasteiger charge is -2.35. The quantitative estimate of drug-likeness (QED) is 0.108. The number of hydrogen-bond donors (Lipinski definition) is 2. The van der Waals surface area contributed by atoms with Crippen LogP contribution in [0.15, 0.2) is 152 Å². The van der Waals surface area contributed by atoms with Gasteiger partial charge in [-0.05, 0) is 27.8 Å². The maximum Gasteiger partial charge on any atom is 0.137 e. The number of rotatable bonds is 17. The maximum atomic E-state index is 12.8. The molecule has 0 spiro atoms. The fraction of sp³-hybridized carbons (Fsp3) is 0.268. The van der Waals surface area contributed by atoms with E-state index in [1.807, 2.05) is 152 Å². The van der Waals surface area contributed by atoms with Crippen molar-refractivity contribution in [3.8, 4) is 0 Å². The van der Waals surface area contributed by atoms with Crippen molar-refractivity contribution in [3.05, 3.63) is 179 Å². The Labute approximate surface area is 283 Å². The summed E-state index contributed by atoms with van der Waals surface area (Å²) in [6.07, 6.45) is -2.19. The number of nitrogens with one attached hydrogen (secondary N) is 1. The topological polar surface area (TPSA) is 78.4 Å². The molecule has 5 aromatic rings. The first-order valence-corrected chi connectivity index (χ1v) is 16.4. The van der Waals surface area contributed by atoms with Crippen LogP contribution in [0, 0.1) is 0 Å². The normalized spacial score (nSPS) is 22.1. The molecule has 6 rings (SSSR count). The zero-order valence-corrected chi connectivity index (χ0v) is 27.0. The monoisotopic (exact) mass is 645 g/mol. The van der Waals surface area contributed by atoms with Crippen LogP contribution in [0.1, 0.15) is 27.8 Å². The van der Waals surface area contributed by atoms with Gasteiger partial charge in [-0.2, -0.15) is 5.48 Å². The second-order valence-electron chi connectivity index (χ2n) is 12.1. The van der Waals surface area contributed by atoms with Crippen molar-refractivity contribution < 1.29 is 28.9 Å². The fourth-order valence-electron chi connectivity index (χ4n) is 6.05. The molecular weight excluding hydrogens is 602 g/mol. The molecular formula is C41H43NO6. The summed E-state index contributed by atoms with van der Waals surface area (Å²) in [5.74, 6) is 0. The van der Waals surface area contributed by atoms with E-state index in [1.165, 1.54) is 0 Å². The highest BCUT2D eigenvalue weighted by atomic mass is 16.7. The lowest BCUT2D eigenvalue weighted by molar-refractivity contribution is -0.182. The maximum absolute atomic E-state index is 12.8. The Bertz CT molecular complexity index is 1610. The second-order valence-corrected chi connectivity index (χ2v) is 12.1. The summed E-state index contributed by atoms with van der Waals surface area (Å²) in [6, 6.07) is 48.9. The van der Waals surface area contributed by atoms with Gasteiger partial charge in [0.25, 0.3) is 0 Å². The average Bonchev–Trinajstić information content (AvgIpc) is 3.36. The molecule has 7 nitrogen and oxygen atoms in total. The number of hydrogen-bond acceptors (Lipinski definition) is 7. The molecule has 0 aromatic heterocycles. The van der Waals surface area contributed by atoms with Gasteiger partial charge in [0.15, 0.2) is 0 Å². The van der Waals surface area contributed by atoms with Gasteiger partial charge in [-0.15, -0.1) is 0 Å². The van der Waals surface area contributed by atoms with E-state index in [0.717, 1.165) is 27.8 Å². The van der Waals surface area contributed by atoms with Crippen LogP contribution in [0.4, 0.5) is 0 Å². The minimum Gasteiger partial charge on any atom is -0.383 e. The Balaban J connectivity index is 1.32. The van der Waals surface area contributed by atoms with Gasteiger partial charge < -0.3 is 24.1 Å². The van der Waals surface area contributed by atoms with Crippen LogP contribution in [0.2, 0.25) is 0 Å². The van der Waals surface area contributed by atoms with E-state index in [0.29, 0.717) is 19.8 Å². The Morgan fingerprint density at radius 2 is 0.833 bits per heavy atom. The second kappa shape index (κ2) is 17.3. The minimum atomic E-state index is -1.61. The summed E-state index contributed by atoms with van der Waals surface area (Å²) in [4.78, 5) is 6.11. The Hall–Kier alpha value is -4.18. The highest BCUT2D eigenvalue weighted by Gasteiger charge is 2.63. The number of hydroxylamine groups is 1. The van der Waals surface area contributed by atoms with E-state index in [2.05, 4.69) is 5.48 Å². The Morgan fingerprint density at radius 1 is 0.458 bits per heavy atom. The van der Waals surface area contributed by atoms with Crippen LogP contribution in [0.25, 0.3) is 0 Å². The number of benzene rings is 5. The molecule has 248 valence electrons. The van der Waals surface area contributed by atoms with Crippen LogP contribution >= 0.6 is 0 Å². The molecule has 0 saturated heterocycles. The molecule has 1 aliphatic carbocycles. The molecule has 0 bridgehead atoms. The van der Waals surface area contributed by atoms with Gasteiger partial charge in [0.1, 0.15) is 23.9 Å². The van der Waals surface area contributed by atoms with Crippen LogP contribution in [0.5, 0.6) is 0 Å². The first kappa shape index (κ1) is 33.7. The molecule has 1 fully saturated rings. The molecule has 0 radical (unpaired) electrons. The van der Waals surface area contributed by atoms with Crippen LogP contribution in [-0.2, 0) is 56.8 Å². The zero-order chi connectivity index (χ0) is 32.9. The lowest BCUT2D eigenvalue weighted by atomic mass is 9.96. The van der Waals surface area contributed by atoms with E-state index in [4.69, 9.17) is 23.8 Å². The first-order chi connectivity index (χ1) is 23.7. The predicted molar refractivity (Wildman–Crippen MR) is 184 cm³/mol. The molecule has 7 heteroatoms. The smallest absolute Gasteiger partial charge is 0.137 e. The largest absolute Gasteiger partial charge is 0.383 e. The number of aliphatic hydroxyl groups is 1. The molecule has 0 unspecified atom stereocenters. The van der Waals surface area contributed by atoms with Crippen molar-refractivity contribution in [2.45, 2.75) is 63.0 Å². The van der Waals surface area contributed by atoms with Crippen molar-refractivity contribution in [2.24, 2.45) is 0 Å². The average molecular weight is 646 g/mol. The summed E-state index contributed by atoms with van der Waals surface area (Å²) in [5, 5.41) is 12.8. The van der Waals surface area contributed by atoms with E-state index in [1.54, 1.807) is 0 Å². The van der Waals surface area contributed by atoms with E-state index in [-0.39, 0.29) is 19.8 Å². The predicted octanol–water partition coefficient (Wildman–Crippen LogP) is 6.79. The van der Waals surface area contributed by atoms with Gasteiger partial charge in [-0.1, -0.05) is 152 Å². The summed E-state index contributed by atoms with van der Waals surface area (Å²) in [5.41, 5.74) is 6.56. The highest BCUT2D eigenvalue weighted by Crippen LogP contribution is 2.39. The molecule has 1 aliphatic rings. The van der Waals surface area contributed by atoms with Gasteiger partial charge in [0.05, 0.1) is 45.7 Å². The molecule has 0 heterocycles. The summed E-state index contributed by atoms with van der Waals surface area (Å²) in [7, 11) is 0. The third-order valence-corrected chi connectivity index (χ3v) is 8.56. The zero-order valence-electron chi connectivity index (χ0n) is 27.0. The minimum absolute atomic E-state index is 0.0515. The SMILES string of the molecule is O[C@@]1(COCc2ccccc2)[C@@H](NOCc2ccccc2)[C@@H](OCc2ccccc2)[C@@H](OCc2ccccc2)[C@@H]1OCc1ccccc1. The third-order valence-electron chi connectivity index (χ3n) is 8.56. The van der Waals surface area contributed by atoms with Crippen LogP contribution in [-0.4, -0.2) is 41.7 Å². The van der Waals surface area contributed by atoms with Crippen molar-refractivity contribution in [2.75, 3.05) is 6.61 Å². The van der Waals surface area contributed by atoms with E-state index in [9.17, 15) is 5.11 Å². The van der Waals surface area contributed by atoms with Gasteiger partial charge in [0.2, 0.25) is 0 Å². The summed E-state index contributed by atoms with van der Waals surface area (Å²) in [6.45, 7) is 1.43. The van der Waals surface area contributed by atoms with E-state index >= 15 is 0 Å². The Morgan fingerprint density at radius 3 is 1.29 bits per heavy atom. The van der Waals surface area contributed by atoms with Crippen molar-refractivity contribution in [3.63, 3.8) is 0 Å². The van der Waals surface area contributed by atoms with Crippen molar-refractivity contribution >= 4 is 0 Å². The number of ether oxygens (including phenoxy) is 4. The first-order valence-electron chi connectivity index (χ1n) is 16.4. The molecule has 2 N–H and O–H groups in total. The van der Waals surface area contributed by atoms with Gasteiger partial charge in [-0.25, -0.2) is 0 Å². The van der Waals surface area contributed by atoms with Gasteiger partial charge in [0, 0.05) is 0 Å². The highest BCUT2D eigenvalue weighted by molar-refractivity contribution is 5.20. The van der Waals surface area contributed by atoms with Crippen LogP contribution < -0.4 is 5.48 Å². The third kappa shape index (κ3) is 9.04. The summed E-state index contributed by atoms with van der Waals surface area (Å²) >= 11 is 0. The molecule has 5 aromatic carbocycles. The lowest BCUT2D eigenvalue weighted by Crippen LogP contribution is -2.59. The van der Waals surface area contributed by atoms with Crippen molar-refractivity contribution in [1.82, 2.24) is 5.48 Å². The van der Waals surface area contributed by atoms with Crippen LogP contribution in [0.3, 0.4) is 0 Å². The van der Waals surface area contributed by atoms with Crippen molar-refractivity contribution in [1.29, 1.82) is 0 Å².